The largest absolute Gasteiger partial charge is 0.481 e. The van der Waals surface area contributed by atoms with Crippen molar-refractivity contribution < 1.29 is 19.4 Å². The van der Waals surface area contributed by atoms with Gasteiger partial charge in [-0.1, -0.05) is 6.92 Å². The third kappa shape index (κ3) is 4.78. The van der Waals surface area contributed by atoms with Crippen LogP contribution in [-0.4, -0.2) is 37.2 Å². The highest BCUT2D eigenvalue weighted by Crippen LogP contribution is 2.19. The van der Waals surface area contributed by atoms with Crippen LogP contribution in [0.2, 0.25) is 0 Å². The molecule has 0 fully saturated rings. The average Bonchev–Trinajstić information content (AvgIpc) is 2.22. The van der Waals surface area contributed by atoms with E-state index in [9.17, 15) is 9.59 Å². The first-order valence-corrected chi connectivity index (χ1v) is 4.95. The molecule has 0 aliphatic carbocycles. The van der Waals surface area contributed by atoms with Gasteiger partial charge in [-0.3, -0.25) is 9.59 Å². The van der Waals surface area contributed by atoms with E-state index in [2.05, 4.69) is 5.32 Å². The molecule has 0 aliphatic heterocycles. The number of hydrogen-bond acceptors (Lipinski definition) is 3. The molecule has 1 atom stereocenters. The van der Waals surface area contributed by atoms with Crippen molar-refractivity contribution in [3.8, 4) is 0 Å². The highest BCUT2D eigenvalue weighted by atomic mass is 16.5. The summed E-state index contributed by atoms with van der Waals surface area (Å²) in [6.45, 7) is 3.91. The molecule has 0 saturated heterocycles. The van der Waals surface area contributed by atoms with Gasteiger partial charge in [-0.05, 0) is 13.3 Å². The molecule has 0 aliphatic rings. The van der Waals surface area contributed by atoms with Crippen LogP contribution in [0.5, 0.6) is 0 Å². The molecule has 0 aromatic rings. The van der Waals surface area contributed by atoms with Crippen LogP contribution in [0.25, 0.3) is 0 Å². The Bertz CT molecular complexity index is 229. The maximum Gasteiger partial charge on any atom is 0.311 e. The van der Waals surface area contributed by atoms with Crippen LogP contribution >= 0.6 is 0 Å². The number of amides is 1. The Balaban J connectivity index is 4.01. The molecule has 1 unspecified atom stereocenters. The van der Waals surface area contributed by atoms with Crippen LogP contribution in [-0.2, 0) is 14.3 Å². The van der Waals surface area contributed by atoms with Crippen molar-refractivity contribution in [2.75, 3.05) is 20.3 Å². The number of aliphatic carboxylic acids is 1. The Morgan fingerprint density at radius 3 is 2.47 bits per heavy atom. The first-order chi connectivity index (χ1) is 6.96. The summed E-state index contributed by atoms with van der Waals surface area (Å²) in [5.74, 6) is -1.07. The lowest BCUT2D eigenvalue weighted by Gasteiger charge is -2.23. The van der Waals surface area contributed by atoms with Gasteiger partial charge in [-0.15, -0.1) is 0 Å². The minimum atomic E-state index is -0.892. The zero-order chi connectivity index (χ0) is 11.9. The van der Waals surface area contributed by atoms with Crippen molar-refractivity contribution >= 4 is 11.9 Å². The fourth-order valence-electron chi connectivity index (χ4n) is 0.929. The minimum absolute atomic E-state index is 0.154. The fourth-order valence-corrected chi connectivity index (χ4v) is 0.929. The lowest BCUT2D eigenvalue weighted by Crippen LogP contribution is -2.40. The molecule has 88 valence electrons. The molecular weight excluding hydrogens is 198 g/mol. The van der Waals surface area contributed by atoms with Crippen molar-refractivity contribution in [3.63, 3.8) is 0 Å². The molecular formula is C10H19NO4. The summed E-state index contributed by atoms with van der Waals surface area (Å²) in [6, 6.07) is 0. The highest BCUT2D eigenvalue weighted by molar-refractivity contribution is 5.78. The highest BCUT2D eigenvalue weighted by Gasteiger charge is 2.31. The van der Waals surface area contributed by atoms with Gasteiger partial charge in [0.05, 0.1) is 12.0 Å². The van der Waals surface area contributed by atoms with Gasteiger partial charge in [-0.2, -0.15) is 0 Å². The standard InChI is InChI=1S/C10H19NO4/c1-4-10(2,9(13)14)7-11-8(12)5-6-15-3/h4-7H2,1-3H3,(H,11,12)(H,13,14). The van der Waals surface area contributed by atoms with Gasteiger partial charge in [0.1, 0.15) is 0 Å². The zero-order valence-electron chi connectivity index (χ0n) is 9.50. The van der Waals surface area contributed by atoms with Crippen LogP contribution < -0.4 is 5.32 Å². The number of methoxy groups -OCH3 is 1. The molecule has 0 spiro atoms. The Morgan fingerprint density at radius 2 is 2.07 bits per heavy atom. The second-order valence-electron chi connectivity index (χ2n) is 3.74. The van der Waals surface area contributed by atoms with Crippen molar-refractivity contribution in [3.05, 3.63) is 0 Å². The molecule has 0 aromatic carbocycles. The van der Waals surface area contributed by atoms with E-state index in [0.717, 1.165) is 0 Å². The number of carbonyl (C=O) groups excluding carboxylic acids is 1. The number of carbonyl (C=O) groups is 2. The van der Waals surface area contributed by atoms with E-state index in [1.54, 1.807) is 13.8 Å². The van der Waals surface area contributed by atoms with Gasteiger partial charge in [0.25, 0.3) is 0 Å². The summed E-state index contributed by atoms with van der Waals surface area (Å²) in [6.07, 6.45) is 0.739. The SMILES string of the molecule is CCC(C)(CNC(=O)CCOC)C(=O)O. The van der Waals surface area contributed by atoms with E-state index in [1.165, 1.54) is 7.11 Å². The maximum absolute atomic E-state index is 11.2. The van der Waals surface area contributed by atoms with E-state index < -0.39 is 11.4 Å². The molecule has 2 N–H and O–H groups in total. The minimum Gasteiger partial charge on any atom is -0.481 e. The van der Waals surface area contributed by atoms with Crippen molar-refractivity contribution in [2.45, 2.75) is 26.7 Å². The summed E-state index contributed by atoms with van der Waals surface area (Å²) in [7, 11) is 1.51. The lowest BCUT2D eigenvalue weighted by molar-refractivity contribution is -0.148. The Morgan fingerprint density at radius 1 is 1.47 bits per heavy atom. The van der Waals surface area contributed by atoms with Gasteiger partial charge in [0.15, 0.2) is 0 Å². The van der Waals surface area contributed by atoms with E-state index in [4.69, 9.17) is 9.84 Å². The van der Waals surface area contributed by atoms with Crippen LogP contribution in [0.3, 0.4) is 0 Å². The fraction of sp³-hybridized carbons (Fsp3) is 0.800. The summed E-state index contributed by atoms with van der Waals surface area (Å²) >= 11 is 0. The molecule has 0 saturated carbocycles. The van der Waals surface area contributed by atoms with Crippen molar-refractivity contribution in [1.82, 2.24) is 5.32 Å². The molecule has 5 nitrogen and oxygen atoms in total. The first kappa shape index (κ1) is 13.9. The topological polar surface area (TPSA) is 75.6 Å². The third-order valence-electron chi connectivity index (χ3n) is 2.51. The quantitative estimate of drug-likeness (QED) is 0.656. The van der Waals surface area contributed by atoms with E-state index in [0.29, 0.717) is 13.0 Å². The predicted molar refractivity (Wildman–Crippen MR) is 55.5 cm³/mol. The van der Waals surface area contributed by atoms with Crippen LogP contribution in [0.1, 0.15) is 26.7 Å². The van der Waals surface area contributed by atoms with E-state index in [-0.39, 0.29) is 18.9 Å². The molecule has 0 radical (unpaired) electrons. The molecule has 0 aromatic heterocycles. The number of carboxylic acids is 1. The molecule has 5 heteroatoms. The van der Waals surface area contributed by atoms with E-state index >= 15 is 0 Å². The second kappa shape index (κ2) is 6.40. The van der Waals surface area contributed by atoms with Gasteiger partial charge in [0.2, 0.25) is 5.91 Å². The first-order valence-electron chi connectivity index (χ1n) is 4.95. The normalized spacial score (nSPS) is 14.3. The van der Waals surface area contributed by atoms with Crippen LogP contribution in [0, 0.1) is 5.41 Å². The van der Waals surface area contributed by atoms with Crippen LogP contribution in [0.4, 0.5) is 0 Å². The third-order valence-corrected chi connectivity index (χ3v) is 2.51. The van der Waals surface area contributed by atoms with Crippen molar-refractivity contribution in [2.24, 2.45) is 5.41 Å². The van der Waals surface area contributed by atoms with Gasteiger partial charge < -0.3 is 15.2 Å². The molecule has 0 rings (SSSR count). The monoisotopic (exact) mass is 217 g/mol. The predicted octanol–water partition coefficient (Wildman–Crippen LogP) is 0.640. The van der Waals surface area contributed by atoms with Crippen molar-refractivity contribution in [1.29, 1.82) is 0 Å². The maximum atomic E-state index is 11.2. The number of hydrogen-bond donors (Lipinski definition) is 2. The summed E-state index contributed by atoms with van der Waals surface area (Å²) in [4.78, 5) is 22.1. The lowest BCUT2D eigenvalue weighted by atomic mass is 9.88. The Labute approximate surface area is 89.8 Å². The Kier molecular flexibility index (Phi) is 5.93. The average molecular weight is 217 g/mol. The molecule has 1 amide bonds. The Hall–Kier alpha value is -1.10. The van der Waals surface area contributed by atoms with Gasteiger partial charge in [0, 0.05) is 20.1 Å². The molecule has 15 heavy (non-hydrogen) atoms. The van der Waals surface area contributed by atoms with Gasteiger partial charge >= 0.3 is 5.97 Å². The summed E-state index contributed by atoms with van der Waals surface area (Å²) in [5.41, 5.74) is -0.886. The number of ether oxygens (including phenoxy) is 1. The van der Waals surface area contributed by atoms with Crippen LogP contribution in [0.15, 0.2) is 0 Å². The second-order valence-corrected chi connectivity index (χ2v) is 3.74. The summed E-state index contributed by atoms with van der Waals surface area (Å²) in [5, 5.41) is 11.5. The number of nitrogens with one attached hydrogen (secondary N) is 1. The smallest absolute Gasteiger partial charge is 0.311 e. The van der Waals surface area contributed by atoms with E-state index in [1.807, 2.05) is 0 Å². The van der Waals surface area contributed by atoms with Gasteiger partial charge in [-0.25, -0.2) is 0 Å². The molecule has 0 bridgehead atoms. The summed E-state index contributed by atoms with van der Waals surface area (Å²) < 4.78 is 4.74. The molecule has 0 heterocycles. The number of carboxylic acid groups (broad SMARTS) is 1. The zero-order valence-corrected chi connectivity index (χ0v) is 9.50. The number of rotatable bonds is 7.